The number of carbonyl (C=O) groups is 1. The second-order valence-corrected chi connectivity index (χ2v) is 7.49. The molecule has 0 fully saturated rings. The van der Waals surface area contributed by atoms with Gasteiger partial charge in [0.2, 0.25) is 0 Å². The molecule has 0 radical (unpaired) electrons. The van der Waals surface area contributed by atoms with E-state index in [1.807, 2.05) is 77.7 Å². The fourth-order valence-corrected chi connectivity index (χ4v) is 3.91. The van der Waals surface area contributed by atoms with Crippen LogP contribution in [0, 0.1) is 0 Å². The molecule has 0 bridgehead atoms. The third kappa shape index (κ3) is 4.16. The van der Waals surface area contributed by atoms with Crippen LogP contribution in [0.25, 0.3) is 16.8 Å². The maximum Gasteiger partial charge on any atom is 0.265 e. The van der Waals surface area contributed by atoms with Crippen LogP contribution in [0.2, 0.25) is 0 Å². The van der Waals surface area contributed by atoms with Gasteiger partial charge in [0.1, 0.15) is 7.11 Å². The van der Waals surface area contributed by atoms with Gasteiger partial charge in [0.05, 0.1) is 28.3 Å². The molecule has 0 saturated carbocycles. The number of imidazole rings is 1. The van der Waals surface area contributed by atoms with Gasteiger partial charge in [-0.05, 0) is 41.6 Å². The molecule has 1 N–H and O–H groups in total. The zero-order valence-electron chi connectivity index (χ0n) is 16.6. The van der Waals surface area contributed by atoms with Crippen LogP contribution in [0.15, 0.2) is 83.9 Å². The summed E-state index contributed by atoms with van der Waals surface area (Å²) >= 11 is 1.42. The average molecular weight is 417 g/mol. The Morgan fingerprint density at radius 1 is 1.13 bits per heavy atom. The van der Waals surface area contributed by atoms with Gasteiger partial charge in [-0.25, -0.2) is 4.98 Å². The number of hydrogen-bond donors (Lipinski definition) is 1. The zero-order valence-corrected chi connectivity index (χ0v) is 17.4. The van der Waals surface area contributed by atoms with E-state index in [9.17, 15) is 4.79 Å². The van der Waals surface area contributed by atoms with Crippen molar-refractivity contribution in [3.63, 3.8) is 0 Å². The van der Waals surface area contributed by atoms with E-state index >= 15 is 0 Å². The fraction of sp³-hybridized carbons (Fsp3) is 0.0870. The van der Waals surface area contributed by atoms with E-state index in [1.54, 1.807) is 12.5 Å². The number of anilines is 1. The molecule has 6 nitrogen and oxygen atoms in total. The van der Waals surface area contributed by atoms with Crippen molar-refractivity contribution >= 4 is 28.6 Å². The summed E-state index contributed by atoms with van der Waals surface area (Å²) in [4.78, 5) is 22.6. The van der Waals surface area contributed by atoms with Crippen LogP contribution in [0.1, 0.15) is 22.2 Å². The molecule has 30 heavy (non-hydrogen) atoms. The molecule has 0 aliphatic rings. The van der Waals surface area contributed by atoms with Crippen molar-refractivity contribution < 1.29 is 9.63 Å². The van der Waals surface area contributed by atoms with Gasteiger partial charge in [0, 0.05) is 18.0 Å². The van der Waals surface area contributed by atoms with Crippen LogP contribution in [0.5, 0.6) is 0 Å². The van der Waals surface area contributed by atoms with Crippen LogP contribution in [-0.2, 0) is 4.84 Å². The minimum atomic E-state index is -0.165. The second-order valence-electron chi connectivity index (χ2n) is 6.58. The highest BCUT2D eigenvalue weighted by Crippen LogP contribution is 2.28. The van der Waals surface area contributed by atoms with E-state index in [2.05, 4.69) is 15.5 Å². The predicted molar refractivity (Wildman–Crippen MR) is 120 cm³/mol. The second kappa shape index (κ2) is 8.75. The van der Waals surface area contributed by atoms with Gasteiger partial charge in [0.25, 0.3) is 5.91 Å². The van der Waals surface area contributed by atoms with Crippen LogP contribution in [0.3, 0.4) is 0 Å². The van der Waals surface area contributed by atoms with Crippen LogP contribution in [0.4, 0.5) is 5.69 Å². The lowest BCUT2D eigenvalue weighted by atomic mass is 10.1. The van der Waals surface area contributed by atoms with Crippen molar-refractivity contribution in [3.05, 3.63) is 89.1 Å². The summed E-state index contributed by atoms with van der Waals surface area (Å²) in [7, 11) is 1.51. The van der Waals surface area contributed by atoms with Gasteiger partial charge in [0.15, 0.2) is 0 Å². The Bertz CT molecular complexity index is 1180. The zero-order chi connectivity index (χ0) is 20.9. The number of aromatic nitrogens is 2. The van der Waals surface area contributed by atoms with Crippen LogP contribution in [-0.4, -0.2) is 28.3 Å². The van der Waals surface area contributed by atoms with Crippen LogP contribution >= 0.6 is 11.3 Å². The third-order valence-corrected chi connectivity index (χ3v) is 5.53. The topological polar surface area (TPSA) is 68.5 Å². The highest BCUT2D eigenvalue weighted by Gasteiger charge is 2.15. The summed E-state index contributed by atoms with van der Waals surface area (Å²) in [5, 5.41) is 9.03. The van der Waals surface area contributed by atoms with E-state index in [-0.39, 0.29) is 5.91 Å². The quantitative estimate of drug-likeness (QED) is 0.346. The molecule has 2 aromatic carbocycles. The van der Waals surface area contributed by atoms with Crippen molar-refractivity contribution in [1.82, 2.24) is 9.55 Å². The molecule has 150 valence electrons. The predicted octanol–water partition coefficient (Wildman–Crippen LogP) is 5.22. The molecule has 7 heteroatoms. The van der Waals surface area contributed by atoms with Gasteiger partial charge in [-0.3, -0.25) is 4.79 Å². The SMILES string of the molecule is CO/N=C(\C)c1ccc(-n2ccnc2)c(NC(=O)c2cc(-c3ccccc3)cs2)c1. The number of hydrogen-bond acceptors (Lipinski definition) is 5. The van der Waals surface area contributed by atoms with Gasteiger partial charge in [-0.2, -0.15) is 0 Å². The highest BCUT2D eigenvalue weighted by atomic mass is 32.1. The van der Waals surface area contributed by atoms with Crippen molar-refractivity contribution in [2.45, 2.75) is 6.92 Å². The van der Waals surface area contributed by atoms with E-state index in [0.717, 1.165) is 22.4 Å². The summed E-state index contributed by atoms with van der Waals surface area (Å²) in [5.74, 6) is -0.165. The molecule has 0 saturated heterocycles. The molecular weight excluding hydrogens is 396 g/mol. The molecule has 4 aromatic rings. The van der Waals surface area contributed by atoms with E-state index < -0.39 is 0 Å². The highest BCUT2D eigenvalue weighted by molar-refractivity contribution is 7.12. The lowest BCUT2D eigenvalue weighted by Crippen LogP contribution is -2.13. The number of amides is 1. The number of benzene rings is 2. The monoisotopic (exact) mass is 416 g/mol. The number of rotatable bonds is 6. The first-order chi connectivity index (χ1) is 14.7. The summed E-state index contributed by atoms with van der Waals surface area (Å²) in [6, 6.07) is 17.7. The summed E-state index contributed by atoms with van der Waals surface area (Å²) in [5.41, 5.74) is 5.16. The Hall–Kier alpha value is -3.71. The molecule has 0 atom stereocenters. The van der Waals surface area contributed by atoms with Gasteiger partial charge in [-0.15, -0.1) is 11.3 Å². The van der Waals surface area contributed by atoms with Crippen molar-refractivity contribution in [2.24, 2.45) is 5.16 Å². The Kier molecular flexibility index (Phi) is 5.72. The number of nitrogens with zero attached hydrogens (tertiary/aromatic N) is 3. The molecule has 0 aliphatic heterocycles. The fourth-order valence-electron chi connectivity index (χ4n) is 3.10. The minimum Gasteiger partial charge on any atom is -0.399 e. The standard InChI is InChI=1S/C23H20N4O2S/c1-16(26-29-2)18-8-9-21(27-11-10-24-15-27)20(12-18)25-23(28)22-13-19(14-30-22)17-6-4-3-5-7-17/h3-15H,1-2H3,(H,25,28)/b26-16+. The number of nitrogens with one attached hydrogen (secondary N) is 1. The van der Waals surface area contributed by atoms with Crippen molar-refractivity contribution in [3.8, 4) is 16.8 Å². The number of carbonyl (C=O) groups excluding carboxylic acids is 1. The van der Waals surface area contributed by atoms with E-state index in [0.29, 0.717) is 16.3 Å². The Morgan fingerprint density at radius 3 is 2.70 bits per heavy atom. The molecule has 4 rings (SSSR count). The molecule has 2 heterocycles. The molecular formula is C23H20N4O2S. The molecule has 1 amide bonds. The first kappa shape index (κ1) is 19.6. The largest absolute Gasteiger partial charge is 0.399 e. The number of oxime groups is 1. The Balaban J connectivity index is 1.66. The van der Waals surface area contributed by atoms with Crippen LogP contribution < -0.4 is 5.32 Å². The first-order valence-electron chi connectivity index (χ1n) is 9.31. The third-order valence-electron chi connectivity index (χ3n) is 4.60. The van der Waals surface area contributed by atoms with Crippen molar-refractivity contribution in [1.29, 1.82) is 0 Å². The minimum absolute atomic E-state index is 0.165. The summed E-state index contributed by atoms with van der Waals surface area (Å²) in [6.07, 6.45) is 5.22. The lowest BCUT2D eigenvalue weighted by Gasteiger charge is -2.13. The summed E-state index contributed by atoms with van der Waals surface area (Å²) < 4.78 is 1.85. The van der Waals surface area contributed by atoms with E-state index in [1.165, 1.54) is 18.4 Å². The molecule has 2 aromatic heterocycles. The Labute approximate surface area is 178 Å². The normalized spacial score (nSPS) is 11.3. The maximum atomic E-state index is 13.0. The first-order valence-corrected chi connectivity index (χ1v) is 10.2. The van der Waals surface area contributed by atoms with Gasteiger partial charge < -0.3 is 14.7 Å². The molecule has 0 unspecified atom stereocenters. The molecule has 0 spiro atoms. The summed E-state index contributed by atoms with van der Waals surface area (Å²) in [6.45, 7) is 1.85. The molecule has 0 aliphatic carbocycles. The maximum absolute atomic E-state index is 13.0. The van der Waals surface area contributed by atoms with E-state index in [4.69, 9.17) is 4.84 Å². The number of thiophene rings is 1. The van der Waals surface area contributed by atoms with Gasteiger partial charge >= 0.3 is 0 Å². The van der Waals surface area contributed by atoms with Gasteiger partial charge in [-0.1, -0.05) is 41.6 Å². The lowest BCUT2D eigenvalue weighted by molar-refractivity contribution is 0.103. The van der Waals surface area contributed by atoms with Crippen molar-refractivity contribution in [2.75, 3.05) is 12.4 Å². The Morgan fingerprint density at radius 2 is 1.97 bits per heavy atom. The smallest absolute Gasteiger partial charge is 0.265 e. The average Bonchev–Trinajstić information content (AvgIpc) is 3.47.